The van der Waals surface area contributed by atoms with E-state index in [1.807, 2.05) is 24.5 Å². The van der Waals surface area contributed by atoms with Crippen LogP contribution in [-0.4, -0.2) is 77.3 Å². The van der Waals surface area contributed by atoms with Gasteiger partial charge in [0, 0.05) is 45.0 Å². The Bertz CT molecular complexity index is 715. The summed E-state index contributed by atoms with van der Waals surface area (Å²) in [6, 6.07) is 4.12. The number of aromatic nitrogens is 1. The van der Waals surface area contributed by atoms with E-state index in [4.69, 9.17) is 0 Å². The summed E-state index contributed by atoms with van der Waals surface area (Å²) in [7, 11) is 2.08. The van der Waals surface area contributed by atoms with E-state index in [2.05, 4.69) is 26.7 Å². The zero-order valence-corrected chi connectivity index (χ0v) is 17.7. The Balaban J connectivity index is 1.32. The molecule has 0 N–H and O–H groups in total. The zero-order valence-electron chi connectivity index (χ0n) is 17.7. The summed E-state index contributed by atoms with van der Waals surface area (Å²) in [4.78, 5) is 36.0. The summed E-state index contributed by atoms with van der Waals surface area (Å²) >= 11 is 0. The van der Waals surface area contributed by atoms with Crippen LogP contribution in [0.25, 0.3) is 0 Å². The van der Waals surface area contributed by atoms with Gasteiger partial charge in [0.2, 0.25) is 11.8 Å². The van der Waals surface area contributed by atoms with Gasteiger partial charge in [-0.15, -0.1) is 0 Å². The van der Waals surface area contributed by atoms with E-state index in [9.17, 15) is 9.59 Å². The highest BCUT2D eigenvalue weighted by Gasteiger charge is 2.42. The lowest BCUT2D eigenvalue weighted by Crippen LogP contribution is -2.55. The number of carbonyl (C=O) groups excluding carboxylic acids is 2. The molecule has 3 aliphatic heterocycles. The molecular formula is C23H34N4O2. The average molecular weight is 399 g/mol. The normalized spacial score (nSPS) is 25.4. The summed E-state index contributed by atoms with van der Waals surface area (Å²) in [6.45, 7) is 4.34. The molecule has 1 unspecified atom stereocenters. The van der Waals surface area contributed by atoms with Crippen LogP contribution in [0, 0.1) is 5.41 Å². The van der Waals surface area contributed by atoms with Gasteiger partial charge in [-0.05, 0) is 75.2 Å². The first-order valence-corrected chi connectivity index (χ1v) is 11.2. The molecule has 158 valence electrons. The van der Waals surface area contributed by atoms with E-state index in [0.717, 1.165) is 71.2 Å². The predicted octanol–water partition coefficient (Wildman–Crippen LogP) is 2.34. The number of carbonyl (C=O) groups is 2. The monoisotopic (exact) mass is 398 g/mol. The van der Waals surface area contributed by atoms with Gasteiger partial charge in [-0.2, -0.15) is 0 Å². The van der Waals surface area contributed by atoms with Crippen LogP contribution in [0.15, 0.2) is 24.5 Å². The quantitative estimate of drug-likeness (QED) is 0.781. The van der Waals surface area contributed by atoms with Gasteiger partial charge in [0.25, 0.3) is 0 Å². The number of hydrogen-bond acceptors (Lipinski definition) is 4. The van der Waals surface area contributed by atoms with Crippen LogP contribution < -0.4 is 0 Å². The second kappa shape index (κ2) is 8.82. The summed E-state index contributed by atoms with van der Waals surface area (Å²) in [5.41, 5.74) is 1.42. The molecule has 0 bridgehead atoms. The topological polar surface area (TPSA) is 56.8 Å². The molecule has 0 aromatic carbocycles. The molecule has 4 heterocycles. The fourth-order valence-corrected chi connectivity index (χ4v) is 5.33. The predicted molar refractivity (Wildman–Crippen MR) is 112 cm³/mol. The molecule has 0 aliphatic carbocycles. The summed E-state index contributed by atoms with van der Waals surface area (Å²) in [5, 5.41) is 0. The number of nitrogens with zero attached hydrogens (tertiary/aromatic N) is 4. The molecule has 0 radical (unpaired) electrons. The number of hydrogen-bond donors (Lipinski definition) is 0. The van der Waals surface area contributed by atoms with Crippen LogP contribution in [0.2, 0.25) is 0 Å². The second-order valence-electron chi connectivity index (χ2n) is 9.24. The number of piperidine rings is 3. The lowest BCUT2D eigenvalue weighted by Gasteiger charge is -2.48. The average Bonchev–Trinajstić information content (AvgIpc) is 2.76. The third kappa shape index (κ3) is 4.63. The third-order valence-corrected chi connectivity index (χ3v) is 7.36. The molecule has 6 heteroatoms. The van der Waals surface area contributed by atoms with Gasteiger partial charge in [0.15, 0.2) is 0 Å². The minimum absolute atomic E-state index is 0.0718. The largest absolute Gasteiger partial charge is 0.342 e. The van der Waals surface area contributed by atoms with Gasteiger partial charge in [0.05, 0.1) is 6.04 Å². The Labute approximate surface area is 174 Å². The highest BCUT2D eigenvalue weighted by atomic mass is 16.2. The van der Waals surface area contributed by atoms with Gasteiger partial charge in [-0.3, -0.25) is 19.5 Å². The fourth-order valence-electron chi connectivity index (χ4n) is 5.33. The Morgan fingerprint density at radius 3 is 2.62 bits per heavy atom. The molecule has 0 saturated carbocycles. The van der Waals surface area contributed by atoms with Crippen molar-refractivity contribution in [3.05, 3.63) is 30.1 Å². The maximum Gasteiger partial charge on any atom is 0.239 e. The van der Waals surface area contributed by atoms with E-state index < -0.39 is 0 Å². The van der Waals surface area contributed by atoms with Gasteiger partial charge < -0.3 is 9.80 Å². The minimum Gasteiger partial charge on any atom is -0.342 e. The molecule has 2 amide bonds. The Morgan fingerprint density at radius 2 is 1.90 bits per heavy atom. The van der Waals surface area contributed by atoms with Crippen molar-refractivity contribution in [2.45, 2.75) is 57.4 Å². The van der Waals surface area contributed by atoms with Crippen LogP contribution in [0.1, 0.15) is 50.5 Å². The van der Waals surface area contributed by atoms with Crippen molar-refractivity contribution in [1.29, 1.82) is 0 Å². The molecule has 3 aliphatic rings. The van der Waals surface area contributed by atoms with Gasteiger partial charge in [-0.1, -0.05) is 6.42 Å². The highest BCUT2D eigenvalue weighted by molar-refractivity contribution is 5.82. The first-order chi connectivity index (χ1) is 14.1. The first-order valence-electron chi connectivity index (χ1n) is 11.2. The summed E-state index contributed by atoms with van der Waals surface area (Å²) in [5.74, 6) is 0.607. The van der Waals surface area contributed by atoms with Crippen molar-refractivity contribution in [3.63, 3.8) is 0 Å². The highest BCUT2D eigenvalue weighted by Crippen LogP contribution is 2.40. The van der Waals surface area contributed by atoms with Crippen LogP contribution in [0.3, 0.4) is 0 Å². The summed E-state index contributed by atoms with van der Waals surface area (Å²) < 4.78 is 0. The van der Waals surface area contributed by atoms with E-state index in [-0.39, 0.29) is 17.4 Å². The zero-order chi connectivity index (χ0) is 20.3. The number of pyridine rings is 1. The Kier molecular flexibility index (Phi) is 6.18. The second-order valence-corrected chi connectivity index (χ2v) is 9.24. The van der Waals surface area contributed by atoms with Crippen LogP contribution >= 0.6 is 0 Å². The molecule has 1 atom stereocenters. The summed E-state index contributed by atoms with van der Waals surface area (Å²) in [6.07, 6.45) is 11.5. The van der Waals surface area contributed by atoms with Gasteiger partial charge in [-0.25, -0.2) is 0 Å². The van der Waals surface area contributed by atoms with Crippen molar-refractivity contribution in [2.75, 3.05) is 39.8 Å². The van der Waals surface area contributed by atoms with Crippen molar-refractivity contribution < 1.29 is 9.59 Å². The molecule has 4 rings (SSSR count). The van der Waals surface area contributed by atoms with E-state index in [1.54, 1.807) is 0 Å². The van der Waals surface area contributed by atoms with Crippen LogP contribution in [-0.2, 0) is 16.0 Å². The molecule has 6 nitrogen and oxygen atoms in total. The van der Waals surface area contributed by atoms with E-state index in [0.29, 0.717) is 12.3 Å². The molecule has 1 aromatic rings. The van der Waals surface area contributed by atoms with Crippen LogP contribution in [0.5, 0.6) is 0 Å². The Morgan fingerprint density at radius 1 is 1.14 bits per heavy atom. The van der Waals surface area contributed by atoms with Crippen molar-refractivity contribution in [2.24, 2.45) is 5.41 Å². The maximum atomic E-state index is 13.0. The Hall–Kier alpha value is -1.95. The van der Waals surface area contributed by atoms with Crippen molar-refractivity contribution >= 4 is 11.8 Å². The van der Waals surface area contributed by atoms with Crippen molar-refractivity contribution in [1.82, 2.24) is 19.7 Å². The molecule has 1 aromatic heterocycles. The first kappa shape index (κ1) is 20.3. The lowest BCUT2D eigenvalue weighted by atomic mass is 9.72. The minimum atomic E-state index is 0.0718. The lowest BCUT2D eigenvalue weighted by molar-refractivity contribution is -0.145. The fraction of sp³-hybridized carbons (Fsp3) is 0.696. The smallest absolute Gasteiger partial charge is 0.239 e. The molecule has 3 fully saturated rings. The van der Waals surface area contributed by atoms with Crippen molar-refractivity contribution in [3.8, 4) is 0 Å². The van der Waals surface area contributed by atoms with Gasteiger partial charge >= 0.3 is 0 Å². The molecule has 1 spiro atoms. The van der Waals surface area contributed by atoms with E-state index in [1.165, 1.54) is 12.0 Å². The molecule has 29 heavy (non-hydrogen) atoms. The molecular weight excluding hydrogens is 364 g/mol. The number of amides is 2. The number of rotatable bonds is 4. The molecule has 3 saturated heterocycles. The van der Waals surface area contributed by atoms with Crippen LogP contribution in [0.4, 0.5) is 0 Å². The number of likely N-dealkylation sites (N-methyl/N-ethyl adjacent to an activating group) is 1. The third-order valence-electron chi connectivity index (χ3n) is 7.36. The standard InChI is InChI=1S/C23H34N4O2/c1-25-14-3-2-4-20(25)22(29)26-16-10-23(11-17-26)9-5-21(28)27(18-23)15-8-19-6-12-24-13-7-19/h6-7,12-13,20H,2-5,8-11,14-18H2,1H3. The maximum absolute atomic E-state index is 13.0. The SMILES string of the molecule is CN1CCCCC1C(=O)N1CCC2(CCC(=O)N(CCc3ccncc3)C2)CC1. The number of likely N-dealkylation sites (tertiary alicyclic amines) is 3. The van der Waals surface area contributed by atoms with Gasteiger partial charge in [0.1, 0.15) is 0 Å². The van der Waals surface area contributed by atoms with E-state index >= 15 is 0 Å².